The van der Waals surface area contributed by atoms with Crippen molar-refractivity contribution in [1.29, 1.82) is 0 Å². The smallest absolute Gasteiger partial charge is 0.320 e. The summed E-state index contributed by atoms with van der Waals surface area (Å²) in [6.45, 7) is 0. The molecule has 0 bridgehead atoms. The Bertz CT molecular complexity index is 46.8. The molecule has 35 valence electrons. The molecule has 1 radical (unpaired) electrons. The Morgan fingerprint density at radius 1 is 2.00 bits per heavy atom. The molecule has 0 aromatic carbocycles. The third-order valence-corrected chi connectivity index (χ3v) is 0.799. The molecule has 0 unspecified atom stereocenters. The molecule has 0 N–H and O–H groups in total. The number of hydrogen-bond donors (Lipinski definition) is 0. The Balaban J connectivity index is 2.99. The third-order valence-electron chi connectivity index (χ3n) is 0.290. The van der Waals surface area contributed by atoms with Gasteiger partial charge in [-0.2, -0.15) is 0 Å². The maximum Gasteiger partial charge on any atom is 0.320 e. The fourth-order valence-corrected chi connectivity index (χ4v) is 0.299. The fourth-order valence-electron chi connectivity index (χ4n) is 0.0445. The number of carbonyl (C=O) groups is 1. The summed E-state index contributed by atoms with van der Waals surface area (Å²) >= 11 is 1.81. The van der Waals surface area contributed by atoms with Crippen LogP contribution in [0.3, 0.4) is 0 Å². The molecule has 6 heavy (non-hydrogen) atoms. The van der Waals surface area contributed by atoms with Crippen LogP contribution in [0.15, 0.2) is 0 Å². The van der Waals surface area contributed by atoms with Gasteiger partial charge in [0, 0.05) is 0 Å². The topological polar surface area (TPSA) is 26.3 Å². The van der Waals surface area contributed by atoms with Gasteiger partial charge < -0.3 is 4.74 Å². The number of esters is 1. The molecule has 0 spiro atoms. The molecule has 0 saturated heterocycles. The number of rotatable bonds is 1. The van der Waals surface area contributed by atoms with Crippen LogP contribution < -0.4 is 0 Å². The summed E-state index contributed by atoms with van der Waals surface area (Å²) in [6, 6.07) is 0. The zero-order valence-corrected chi connectivity index (χ0v) is 5.43. The largest absolute Gasteiger partial charge is 0.468 e. The average Bonchev–Trinajstić information content (AvgIpc) is 1.65. The van der Waals surface area contributed by atoms with E-state index in [1.165, 1.54) is 11.5 Å². The lowest BCUT2D eigenvalue weighted by Crippen LogP contribution is -1.93. The van der Waals surface area contributed by atoms with Crippen molar-refractivity contribution in [2.75, 3.05) is 7.11 Å². The third kappa shape index (κ3) is 2.44. The lowest BCUT2D eigenvalue weighted by atomic mass is 10.8. The average molecular weight is 199 g/mol. The van der Waals surface area contributed by atoms with Crippen LogP contribution in [0.25, 0.3) is 0 Å². The van der Waals surface area contributed by atoms with Gasteiger partial charge in [-0.3, -0.25) is 4.79 Å². The molecule has 0 amide bonds. The highest BCUT2D eigenvalue weighted by Crippen LogP contribution is 1.89. The minimum atomic E-state index is -0.296. The Morgan fingerprint density at radius 3 is 2.50 bits per heavy atom. The van der Waals surface area contributed by atoms with E-state index in [0.717, 1.165) is 0 Å². The molecule has 0 atom stereocenters. The molecule has 0 aromatic rings. The van der Waals surface area contributed by atoms with Crippen LogP contribution in [0, 0.1) is 4.43 Å². The molecule has 0 aliphatic rings. The lowest BCUT2D eigenvalue weighted by Gasteiger charge is -1.85. The number of methoxy groups -OCH3 is 1. The Kier molecular flexibility index (Phi) is 3.51. The highest BCUT2D eigenvalue weighted by molar-refractivity contribution is 14.1. The van der Waals surface area contributed by atoms with Gasteiger partial charge >= 0.3 is 5.97 Å². The second-order valence-corrected chi connectivity index (χ2v) is 1.26. The van der Waals surface area contributed by atoms with E-state index in [2.05, 4.69) is 4.74 Å². The van der Waals surface area contributed by atoms with E-state index in [9.17, 15) is 4.79 Å². The van der Waals surface area contributed by atoms with Crippen molar-refractivity contribution in [2.24, 2.45) is 0 Å². The molecule has 0 aromatic heterocycles. The normalized spacial score (nSPS) is 7.67. The van der Waals surface area contributed by atoms with Gasteiger partial charge in [0.05, 0.1) is 7.11 Å². The number of hydrogen-bond acceptors (Lipinski definition) is 2. The van der Waals surface area contributed by atoms with Crippen molar-refractivity contribution >= 4 is 28.6 Å². The van der Waals surface area contributed by atoms with Crippen LogP contribution in [0.2, 0.25) is 0 Å². The first kappa shape index (κ1) is 6.20. The fraction of sp³-hybridized carbons (Fsp3) is 0.333. The van der Waals surface area contributed by atoms with Crippen molar-refractivity contribution in [3.8, 4) is 0 Å². The predicted octanol–water partition coefficient (Wildman–Crippen LogP) is 0.756. The van der Waals surface area contributed by atoms with Gasteiger partial charge in [0.2, 0.25) is 0 Å². The van der Waals surface area contributed by atoms with Gasteiger partial charge in [0.15, 0.2) is 0 Å². The molecule has 0 rings (SSSR count). The molecule has 3 heteroatoms. The molecule has 0 saturated carbocycles. The van der Waals surface area contributed by atoms with Gasteiger partial charge in [-0.15, -0.1) is 0 Å². The second kappa shape index (κ2) is 3.39. The maximum absolute atomic E-state index is 9.90. The van der Waals surface area contributed by atoms with Gasteiger partial charge in [0.1, 0.15) is 4.43 Å². The van der Waals surface area contributed by atoms with Crippen molar-refractivity contribution in [3.05, 3.63) is 4.43 Å². The molecular weight excluding hydrogens is 195 g/mol. The summed E-state index contributed by atoms with van der Waals surface area (Å²) in [6.07, 6.45) is 0. The monoisotopic (exact) mass is 199 g/mol. The van der Waals surface area contributed by atoms with E-state index in [1.807, 2.05) is 22.6 Å². The van der Waals surface area contributed by atoms with E-state index in [0.29, 0.717) is 0 Å². The summed E-state index contributed by atoms with van der Waals surface area (Å²) in [5.74, 6) is -0.296. The number of ether oxygens (including phenoxy) is 1. The first-order chi connectivity index (χ1) is 2.81. The molecule has 2 nitrogen and oxygen atoms in total. The van der Waals surface area contributed by atoms with E-state index in [-0.39, 0.29) is 5.97 Å². The van der Waals surface area contributed by atoms with Crippen molar-refractivity contribution < 1.29 is 9.53 Å². The van der Waals surface area contributed by atoms with E-state index < -0.39 is 0 Å². The summed E-state index contributed by atoms with van der Waals surface area (Å²) < 4.78 is 5.53. The molecular formula is C3H4IO2. The number of halogens is 1. The van der Waals surface area contributed by atoms with Gasteiger partial charge in [-0.25, -0.2) is 0 Å². The molecule has 0 fully saturated rings. The Labute approximate surface area is 50.0 Å². The van der Waals surface area contributed by atoms with Crippen molar-refractivity contribution in [1.82, 2.24) is 0 Å². The van der Waals surface area contributed by atoms with Crippen LogP contribution in [-0.4, -0.2) is 13.1 Å². The standard InChI is InChI=1S/C3H4IO2/c1-6-3(5)2-4/h2H,1H3. The van der Waals surface area contributed by atoms with Crippen LogP contribution in [0.5, 0.6) is 0 Å². The Morgan fingerprint density at radius 2 is 2.50 bits per heavy atom. The first-order valence-corrected chi connectivity index (χ1v) is 2.57. The first-order valence-electron chi connectivity index (χ1n) is 1.32. The second-order valence-electron chi connectivity index (χ2n) is 0.632. The predicted molar refractivity (Wildman–Crippen MR) is 30.3 cm³/mol. The van der Waals surface area contributed by atoms with E-state index in [4.69, 9.17) is 0 Å². The molecule has 0 heterocycles. The van der Waals surface area contributed by atoms with Gasteiger partial charge in [0.25, 0.3) is 0 Å². The maximum atomic E-state index is 9.90. The van der Waals surface area contributed by atoms with Crippen LogP contribution in [0.4, 0.5) is 0 Å². The summed E-state index contributed by atoms with van der Waals surface area (Å²) in [5, 5.41) is 0. The molecule has 0 aliphatic heterocycles. The summed E-state index contributed by atoms with van der Waals surface area (Å²) in [4.78, 5) is 9.90. The highest BCUT2D eigenvalue weighted by Gasteiger charge is 1.90. The summed E-state index contributed by atoms with van der Waals surface area (Å²) in [5.41, 5.74) is 0. The SMILES string of the molecule is COC(=O)[CH]I. The molecule has 0 aliphatic carbocycles. The van der Waals surface area contributed by atoms with Crippen LogP contribution >= 0.6 is 22.6 Å². The highest BCUT2D eigenvalue weighted by atomic mass is 127. The van der Waals surface area contributed by atoms with Gasteiger partial charge in [-0.05, 0) is 0 Å². The minimum absolute atomic E-state index is 0.296. The van der Waals surface area contributed by atoms with Gasteiger partial charge in [-0.1, -0.05) is 22.6 Å². The quantitative estimate of drug-likeness (QED) is 0.460. The number of carbonyl (C=O) groups excluding carboxylic acids is 1. The van der Waals surface area contributed by atoms with E-state index in [1.54, 1.807) is 0 Å². The Hall–Kier alpha value is 0.200. The van der Waals surface area contributed by atoms with Crippen LogP contribution in [0.1, 0.15) is 0 Å². The summed E-state index contributed by atoms with van der Waals surface area (Å²) in [7, 11) is 1.34. The zero-order chi connectivity index (χ0) is 4.99. The van der Waals surface area contributed by atoms with Crippen LogP contribution in [-0.2, 0) is 9.53 Å². The van der Waals surface area contributed by atoms with Crippen molar-refractivity contribution in [3.63, 3.8) is 0 Å². The zero-order valence-electron chi connectivity index (χ0n) is 3.27. The van der Waals surface area contributed by atoms with Crippen molar-refractivity contribution in [2.45, 2.75) is 0 Å². The minimum Gasteiger partial charge on any atom is -0.468 e. The van der Waals surface area contributed by atoms with E-state index >= 15 is 0 Å². The lowest BCUT2D eigenvalue weighted by molar-refractivity contribution is -0.135.